The maximum Gasteiger partial charge on any atom is 0.326 e. The molecular formula is C25H45N3O10. The third-order valence-electron chi connectivity index (χ3n) is 4.97. The summed E-state index contributed by atoms with van der Waals surface area (Å²) in [4.78, 5) is 57.5. The highest BCUT2D eigenvalue weighted by molar-refractivity contribution is 5.84. The van der Waals surface area contributed by atoms with Gasteiger partial charge in [0.15, 0.2) is 5.78 Å². The first-order valence-electron chi connectivity index (χ1n) is 13.1. The summed E-state index contributed by atoms with van der Waals surface area (Å²) < 4.78 is 20.8. The topological polar surface area (TPSA) is 179 Å². The smallest absolute Gasteiger partial charge is 0.326 e. The standard InChI is InChI=1S/C25H45N3O10/c1-3-4-5-6-7-23(31)28-21(25(33)34)8-9-22(30)26-10-12-35-15-17-38-19-24(32)27-11-13-36-14-16-37-18-20(2)29/h21H,3-19H2,1-2H3,(H,26,30)(H,27,32)(H,28,31)(H,33,34)/t21-/m0/s1. The van der Waals surface area contributed by atoms with Gasteiger partial charge in [-0.05, 0) is 19.8 Å². The summed E-state index contributed by atoms with van der Waals surface area (Å²) in [6.07, 6.45) is 3.95. The summed E-state index contributed by atoms with van der Waals surface area (Å²) in [6.45, 7) is 5.62. The first-order chi connectivity index (χ1) is 18.3. The quantitative estimate of drug-likeness (QED) is 0.109. The summed E-state index contributed by atoms with van der Waals surface area (Å²) in [5.41, 5.74) is 0. The van der Waals surface area contributed by atoms with E-state index in [1.807, 2.05) is 0 Å². The minimum Gasteiger partial charge on any atom is -0.480 e. The van der Waals surface area contributed by atoms with Gasteiger partial charge < -0.3 is 40.0 Å². The Morgan fingerprint density at radius 2 is 1.26 bits per heavy atom. The lowest BCUT2D eigenvalue weighted by Gasteiger charge is -2.14. The van der Waals surface area contributed by atoms with Gasteiger partial charge >= 0.3 is 5.97 Å². The Balaban J connectivity index is 3.66. The molecule has 0 saturated heterocycles. The van der Waals surface area contributed by atoms with Crippen molar-refractivity contribution in [1.29, 1.82) is 0 Å². The maximum absolute atomic E-state index is 11.9. The van der Waals surface area contributed by atoms with Crippen LogP contribution in [0.25, 0.3) is 0 Å². The fraction of sp³-hybridized carbons (Fsp3) is 0.800. The van der Waals surface area contributed by atoms with Gasteiger partial charge in [-0.1, -0.05) is 26.2 Å². The number of aliphatic carboxylic acids is 1. The van der Waals surface area contributed by atoms with Crippen LogP contribution in [0.1, 0.15) is 58.8 Å². The van der Waals surface area contributed by atoms with E-state index < -0.39 is 12.0 Å². The molecule has 0 aliphatic heterocycles. The minimum atomic E-state index is -1.17. The van der Waals surface area contributed by atoms with Crippen LogP contribution in [0.15, 0.2) is 0 Å². The van der Waals surface area contributed by atoms with Crippen LogP contribution in [0.2, 0.25) is 0 Å². The Labute approximate surface area is 224 Å². The molecule has 4 N–H and O–H groups in total. The molecule has 0 rings (SSSR count). The first-order valence-corrected chi connectivity index (χ1v) is 13.1. The van der Waals surface area contributed by atoms with Gasteiger partial charge in [0.05, 0.1) is 39.6 Å². The van der Waals surface area contributed by atoms with Gasteiger partial charge in [0.25, 0.3) is 0 Å². The summed E-state index contributed by atoms with van der Waals surface area (Å²) in [5, 5.41) is 17.0. The Bertz CT molecular complexity index is 690. The van der Waals surface area contributed by atoms with Gasteiger partial charge in [0.2, 0.25) is 17.7 Å². The number of hydrogen-bond acceptors (Lipinski definition) is 9. The normalized spacial score (nSPS) is 11.5. The van der Waals surface area contributed by atoms with E-state index in [0.29, 0.717) is 32.8 Å². The molecule has 1 atom stereocenters. The van der Waals surface area contributed by atoms with Crippen LogP contribution in [-0.2, 0) is 42.9 Å². The number of hydrogen-bond donors (Lipinski definition) is 4. The number of ketones is 1. The van der Waals surface area contributed by atoms with Crippen molar-refractivity contribution in [3.63, 3.8) is 0 Å². The Morgan fingerprint density at radius 1 is 0.684 bits per heavy atom. The number of Topliss-reactive ketones (excluding diaryl/α,β-unsaturated/α-hetero) is 1. The van der Waals surface area contributed by atoms with Crippen LogP contribution in [0, 0.1) is 0 Å². The van der Waals surface area contributed by atoms with E-state index in [0.717, 1.165) is 19.3 Å². The average Bonchev–Trinajstić information content (AvgIpc) is 2.87. The number of unbranched alkanes of at least 4 members (excludes halogenated alkanes) is 3. The van der Waals surface area contributed by atoms with Crippen molar-refractivity contribution in [2.75, 3.05) is 65.9 Å². The molecule has 0 heterocycles. The number of nitrogens with one attached hydrogen (secondary N) is 3. The highest BCUT2D eigenvalue weighted by Crippen LogP contribution is 2.04. The summed E-state index contributed by atoms with van der Waals surface area (Å²) in [6, 6.07) is -1.10. The molecule has 0 aliphatic rings. The lowest BCUT2D eigenvalue weighted by molar-refractivity contribution is -0.142. The fourth-order valence-electron chi connectivity index (χ4n) is 3.00. The van der Waals surface area contributed by atoms with Gasteiger partial charge in [-0.2, -0.15) is 0 Å². The number of rotatable bonds is 26. The molecule has 13 nitrogen and oxygen atoms in total. The second kappa shape index (κ2) is 24.7. The van der Waals surface area contributed by atoms with Gasteiger partial charge in [-0.15, -0.1) is 0 Å². The minimum absolute atomic E-state index is 0.000289. The van der Waals surface area contributed by atoms with Gasteiger partial charge in [-0.25, -0.2) is 4.79 Å². The van der Waals surface area contributed by atoms with Crippen molar-refractivity contribution >= 4 is 29.5 Å². The molecule has 3 amide bonds. The third-order valence-corrected chi connectivity index (χ3v) is 4.97. The fourth-order valence-corrected chi connectivity index (χ4v) is 3.00. The Hall–Kier alpha value is -2.61. The van der Waals surface area contributed by atoms with E-state index >= 15 is 0 Å². The molecule has 0 unspecified atom stereocenters. The van der Waals surface area contributed by atoms with Crippen molar-refractivity contribution in [2.24, 2.45) is 0 Å². The largest absolute Gasteiger partial charge is 0.480 e. The second-order valence-corrected chi connectivity index (χ2v) is 8.54. The summed E-state index contributed by atoms with van der Waals surface area (Å²) >= 11 is 0. The van der Waals surface area contributed by atoms with E-state index in [4.69, 9.17) is 18.9 Å². The summed E-state index contributed by atoms with van der Waals surface area (Å²) in [5.74, 6) is -2.17. The first kappa shape index (κ1) is 35.4. The molecule has 0 aromatic rings. The zero-order valence-electron chi connectivity index (χ0n) is 22.7. The lowest BCUT2D eigenvalue weighted by Crippen LogP contribution is -2.41. The monoisotopic (exact) mass is 547 g/mol. The van der Waals surface area contributed by atoms with Crippen molar-refractivity contribution in [3.05, 3.63) is 0 Å². The molecule has 0 radical (unpaired) electrons. The molecule has 220 valence electrons. The van der Waals surface area contributed by atoms with Crippen LogP contribution in [0.5, 0.6) is 0 Å². The van der Waals surface area contributed by atoms with Crippen molar-refractivity contribution in [3.8, 4) is 0 Å². The van der Waals surface area contributed by atoms with Crippen LogP contribution >= 0.6 is 0 Å². The Kier molecular flexibility index (Phi) is 23.0. The van der Waals surface area contributed by atoms with Crippen molar-refractivity contribution < 1.29 is 48.0 Å². The molecule has 13 heteroatoms. The molecule has 0 saturated carbocycles. The number of carbonyl (C=O) groups is 5. The molecule has 38 heavy (non-hydrogen) atoms. The second-order valence-electron chi connectivity index (χ2n) is 8.54. The zero-order chi connectivity index (χ0) is 28.4. The van der Waals surface area contributed by atoms with Crippen LogP contribution in [0.4, 0.5) is 0 Å². The van der Waals surface area contributed by atoms with E-state index in [1.165, 1.54) is 6.92 Å². The lowest BCUT2D eigenvalue weighted by atomic mass is 10.1. The average molecular weight is 548 g/mol. The highest BCUT2D eigenvalue weighted by atomic mass is 16.5. The molecular weight excluding hydrogens is 502 g/mol. The van der Waals surface area contributed by atoms with E-state index in [2.05, 4.69) is 22.9 Å². The number of carboxylic acid groups (broad SMARTS) is 1. The highest BCUT2D eigenvalue weighted by Gasteiger charge is 2.20. The number of carboxylic acids is 1. The number of ether oxygens (including phenoxy) is 4. The van der Waals surface area contributed by atoms with Gasteiger partial charge in [0.1, 0.15) is 19.3 Å². The van der Waals surface area contributed by atoms with Crippen LogP contribution < -0.4 is 16.0 Å². The SMILES string of the molecule is CCCCCCC(=O)N[C@@H](CCC(=O)NCCOCCOCC(=O)NCCOCCOCC(C)=O)C(=O)O. The molecule has 0 fully saturated rings. The zero-order valence-corrected chi connectivity index (χ0v) is 22.7. The van der Waals surface area contributed by atoms with E-state index in [-0.39, 0.29) is 82.3 Å². The third kappa shape index (κ3) is 23.8. The van der Waals surface area contributed by atoms with Gasteiger partial charge in [-0.3, -0.25) is 19.2 Å². The molecule has 0 aromatic carbocycles. The van der Waals surface area contributed by atoms with E-state index in [9.17, 15) is 29.1 Å². The predicted octanol–water partition coefficient (Wildman–Crippen LogP) is 0.194. The predicted molar refractivity (Wildman–Crippen MR) is 138 cm³/mol. The van der Waals surface area contributed by atoms with Crippen LogP contribution in [0.3, 0.4) is 0 Å². The number of amides is 3. The molecule has 0 aliphatic carbocycles. The van der Waals surface area contributed by atoms with Crippen LogP contribution in [-0.4, -0.2) is 107 Å². The van der Waals surface area contributed by atoms with E-state index in [1.54, 1.807) is 0 Å². The van der Waals surface area contributed by atoms with Gasteiger partial charge in [0, 0.05) is 25.9 Å². The van der Waals surface area contributed by atoms with Crippen molar-refractivity contribution in [1.82, 2.24) is 16.0 Å². The number of carbonyl (C=O) groups excluding carboxylic acids is 4. The van der Waals surface area contributed by atoms with Crippen molar-refractivity contribution in [2.45, 2.75) is 64.8 Å². The molecule has 0 bridgehead atoms. The maximum atomic E-state index is 11.9. The molecule has 0 spiro atoms. The molecule has 0 aromatic heterocycles. The Morgan fingerprint density at radius 3 is 1.84 bits per heavy atom. The summed E-state index contributed by atoms with van der Waals surface area (Å²) in [7, 11) is 0.